The maximum absolute atomic E-state index is 11.9. The second-order valence-electron chi connectivity index (χ2n) is 14.3. The van der Waals surface area contributed by atoms with Crippen molar-refractivity contribution in [3.8, 4) is 0 Å². The molecule has 0 bridgehead atoms. The Labute approximate surface area is 293 Å². The predicted octanol–water partition coefficient (Wildman–Crippen LogP) is 13.6. The Balaban J connectivity index is 2.00. The van der Waals surface area contributed by atoms with Gasteiger partial charge in [0.15, 0.2) is 0 Å². The molecule has 0 heterocycles. The van der Waals surface area contributed by atoms with E-state index in [1.165, 1.54) is 180 Å². The number of amides is 1. The molecule has 0 aromatic rings. The van der Waals surface area contributed by atoms with Crippen LogP contribution in [0.2, 0.25) is 0 Å². The SMILES string of the molecule is CCCCCCCC/C=C\CCCCCCCCOC1=CC(OCCCCCCCCCCCCCCCCCC)=CC(C(N)=O)C1. The molecule has 274 valence electrons. The van der Waals surface area contributed by atoms with Crippen LogP contribution in [0.1, 0.15) is 213 Å². The molecule has 0 saturated carbocycles. The molecule has 2 N–H and O–H groups in total. The zero-order valence-electron chi connectivity index (χ0n) is 31.5. The van der Waals surface area contributed by atoms with Crippen LogP contribution in [0.15, 0.2) is 35.8 Å². The van der Waals surface area contributed by atoms with Crippen LogP contribution in [0.3, 0.4) is 0 Å². The van der Waals surface area contributed by atoms with Gasteiger partial charge in [-0.05, 0) is 44.6 Å². The first-order valence-electron chi connectivity index (χ1n) is 20.8. The monoisotopic (exact) mass is 658 g/mol. The number of rotatable bonds is 36. The first-order valence-corrected chi connectivity index (χ1v) is 20.8. The molecular weight excluding hydrogens is 578 g/mol. The number of carbonyl (C=O) groups excluding carboxylic acids is 1. The van der Waals surface area contributed by atoms with Crippen LogP contribution in [0.4, 0.5) is 0 Å². The summed E-state index contributed by atoms with van der Waals surface area (Å²) in [5.41, 5.74) is 5.66. The van der Waals surface area contributed by atoms with Gasteiger partial charge in [0, 0.05) is 12.5 Å². The van der Waals surface area contributed by atoms with Crippen molar-refractivity contribution in [2.45, 2.75) is 213 Å². The fourth-order valence-corrected chi connectivity index (χ4v) is 6.51. The summed E-state index contributed by atoms with van der Waals surface area (Å²) in [5, 5.41) is 0. The standard InChI is InChI=1S/C43H79NO3/c1-3-5-7-9-11-13-15-17-19-21-23-25-27-29-31-33-35-46-41-37-40(43(44)45)38-42(39-41)47-36-34-32-30-28-26-24-22-20-18-16-14-12-10-8-6-4-2/h17,19,38-40H,3-16,18,20-37H2,1-2H3,(H2,44,45)/b19-17-. The number of carbonyl (C=O) groups is 1. The summed E-state index contributed by atoms with van der Waals surface area (Å²) >= 11 is 0. The summed E-state index contributed by atoms with van der Waals surface area (Å²) in [6.07, 6.45) is 49.2. The minimum atomic E-state index is -0.337. The van der Waals surface area contributed by atoms with Crippen molar-refractivity contribution < 1.29 is 14.3 Å². The maximum atomic E-state index is 11.9. The fraction of sp³-hybridized carbons (Fsp3) is 0.837. The summed E-state index contributed by atoms with van der Waals surface area (Å²) in [6.45, 7) is 5.96. The van der Waals surface area contributed by atoms with Gasteiger partial charge in [0.05, 0.1) is 19.1 Å². The smallest absolute Gasteiger partial charge is 0.224 e. The summed E-state index contributed by atoms with van der Waals surface area (Å²) < 4.78 is 12.1. The Hall–Kier alpha value is -1.71. The third-order valence-corrected chi connectivity index (χ3v) is 9.67. The molecule has 1 aliphatic rings. The lowest BCUT2D eigenvalue weighted by Gasteiger charge is -2.20. The van der Waals surface area contributed by atoms with Gasteiger partial charge in [-0.3, -0.25) is 4.79 Å². The normalized spacial score (nSPS) is 14.8. The van der Waals surface area contributed by atoms with Crippen LogP contribution in [-0.4, -0.2) is 19.1 Å². The van der Waals surface area contributed by atoms with Crippen molar-refractivity contribution in [1.29, 1.82) is 0 Å². The van der Waals surface area contributed by atoms with Gasteiger partial charge in [-0.1, -0.05) is 180 Å². The molecule has 4 nitrogen and oxygen atoms in total. The number of hydrogen-bond acceptors (Lipinski definition) is 3. The highest BCUT2D eigenvalue weighted by Gasteiger charge is 2.21. The van der Waals surface area contributed by atoms with E-state index in [0.29, 0.717) is 19.6 Å². The second-order valence-corrected chi connectivity index (χ2v) is 14.3. The van der Waals surface area contributed by atoms with E-state index >= 15 is 0 Å². The number of ether oxygens (including phenoxy) is 2. The number of hydrogen-bond donors (Lipinski definition) is 1. The number of primary amides is 1. The quantitative estimate of drug-likeness (QED) is 0.0539. The van der Waals surface area contributed by atoms with Gasteiger partial charge in [0.2, 0.25) is 5.91 Å². The molecule has 0 radical (unpaired) electrons. The zero-order valence-corrected chi connectivity index (χ0v) is 31.5. The van der Waals surface area contributed by atoms with Crippen molar-refractivity contribution in [2.24, 2.45) is 11.7 Å². The highest BCUT2D eigenvalue weighted by molar-refractivity contribution is 5.79. The third-order valence-electron chi connectivity index (χ3n) is 9.67. The molecule has 1 amide bonds. The second kappa shape index (κ2) is 34.2. The Kier molecular flexibility index (Phi) is 31.5. The van der Waals surface area contributed by atoms with Crippen LogP contribution in [-0.2, 0) is 14.3 Å². The van der Waals surface area contributed by atoms with Crippen LogP contribution in [0.25, 0.3) is 0 Å². The Morgan fingerprint density at radius 3 is 1.34 bits per heavy atom. The molecular formula is C43H79NO3. The van der Waals surface area contributed by atoms with Crippen molar-refractivity contribution in [3.63, 3.8) is 0 Å². The molecule has 1 atom stereocenters. The molecule has 0 aliphatic heterocycles. The summed E-state index contributed by atoms with van der Waals surface area (Å²) in [7, 11) is 0. The largest absolute Gasteiger partial charge is 0.498 e. The highest BCUT2D eigenvalue weighted by Crippen LogP contribution is 2.25. The Bertz CT molecular complexity index is 786. The van der Waals surface area contributed by atoms with Gasteiger partial charge in [-0.2, -0.15) is 0 Å². The van der Waals surface area contributed by atoms with E-state index in [9.17, 15) is 4.79 Å². The van der Waals surface area contributed by atoms with Crippen molar-refractivity contribution in [1.82, 2.24) is 0 Å². The lowest BCUT2D eigenvalue weighted by atomic mass is 9.98. The molecule has 0 fully saturated rings. The molecule has 1 unspecified atom stereocenters. The first kappa shape index (κ1) is 43.3. The minimum absolute atomic E-state index is 0.306. The molecule has 4 heteroatoms. The van der Waals surface area contributed by atoms with E-state index in [-0.39, 0.29) is 11.8 Å². The highest BCUT2D eigenvalue weighted by atomic mass is 16.5. The van der Waals surface area contributed by atoms with E-state index in [0.717, 1.165) is 24.4 Å². The number of nitrogens with two attached hydrogens (primary N) is 1. The van der Waals surface area contributed by atoms with E-state index in [1.807, 2.05) is 12.2 Å². The van der Waals surface area contributed by atoms with E-state index in [2.05, 4.69) is 26.0 Å². The topological polar surface area (TPSA) is 61.6 Å². The van der Waals surface area contributed by atoms with Gasteiger partial charge in [-0.25, -0.2) is 0 Å². The molecule has 0 aromatic carbocycles. The molecule has 1 rings (SSSR count). The van der Waals surface area contributed by atoms with E-state index in [4.69, 9.17) is 15.2 Å². The van der Waals surface area contributed by atoms with Crippen LogP contribution in [0, 0.1) is 5.92 Å². The minimum Gasteiger partial charge on any atom is -0.498 e. The van der Waals surface area contributed by atoms with Gasteiger partial charge in [0.1, 0.15) is 11.5 Å². The Morgan fingerprint density at radius 1 is 0.574 bits per heavy atom. The van der Waals surface area contributed by atoms with Crippen molar-refractivity contribution >= 4 is 5.91 Å². The molecule has 0 aromatic heterocycles. The van der Waals surface area contributed by atoms with Crippen LogP contribution < -0.4 is 5.73 Å². The number of unbranched alkanes of at least 4 members (excludes halogenated alkanes) is 27. The first-order chi connectivity index (χ1) is 23.2. The van der Waals surface area contributed by atoms with Gasteiger partial charge in [0.25, 0.3) is 0 Å². The maximum Gasteiger partial charge on any atom is 0.224 e. The molecule has 0 saturated heterocycles. The third kappa shape index (κ3) is 29.0. The van der Waals surface area contributed by atoms with E-state index < -0.39 is 0 Å². The zero-order chi connectivity index (χ0) is 33.9. The van der Waals surface area contributed by atoms with Gasteiger partial charge >= 0.3 is 0 Å². The fourth-order valence-electron chi connectivity index (χ4n) is 6.51. The van der Waals surface area contributed by atoms with Crippen LogP contribution in [0.5, 0.6) is 0 Å². The molecule has 1 aliphatic carbocycles. The molecule has 47 heavy (non-hydrogen) atoms. The summed E-state index contributed by atoms with van der Waals surface area (Å²) in [4.78, 5) is 11.9. The lowest BCUT2D eigenvalue weighted by Crippen LogP contribution is -2.24. The van der Waals surface area contributed by atoms with Crippen molar-refractivity contribution in [3.05, 3.63) is 35.8 Å². The predicted molar refractivity (Wildman–Crippen MR) is 204 cm³/mol. The lowest BCUT2D eigenvalue weighted by molar-refractivity contribution is -0.120. The van der Waals surface area contributed by atoms with Crippen LogP contribution >= 0.6 is 0 Å². The average Bonchev–Trinajstić information content (AvgIpc) is 3.07. The summed E-state index contributed by atoms with van der Waals surface area (Å²) in [6, 6.07) is 0. The summed E-state index contributed by atoms with van der Waals surface area (Å²) in [5.74, 6) is 0.943. The van der Waals surface area contributed by atoms with E-state index in [1.54, 1.807) is 0 Å². The van der Waals surface area contributed by atoms with Crippen molar-refractivity contribution in [2.75, 3.05) is 13.2 Å². The van der Waals surface area contributed by atoms with Gasteiger partial charge in [-0.15, -0.1) is 0 Å². The molecule has 0 spiro atoms. The average molecular weight is 658 g/mol. The Morgan fingerprint density at radius 2 is 0.936 bits per heavy atom. The number of allylic oxidation sites excluding steroid dienone is 4. The van der Waals surface area contributed by atoms with Gasteiger partial charge < -0.3 is 15.2 Å².